The predicted molar refractivity (Wildman–Crippen MR) is 99.6 cm³/mol. The van der Waals surface area contributed by atoms with E-state index in [9.17, 15) is 0 Å². The molecular weight excluding hydrogens is 320 g/mol. The van der Waals surface area contributed by atoms with Crippen molar-refractivity contribution in [2.45, 2.75) is 19.9 Å². The van der Waals surface area contributed by atoms with Crippen LogP contribution in [0, 0.1) is 6.92 Å². The number of thiazole rings is 1. The van der Waals surface area contributed by atoms with Crippen LogP contribution in [0.5, 0.6) is 0 Å². The molecule has 0 fully saturated rings. The molecule has 0 aliphatic carbocycles. The van der Waals surface area contributed by atoms with E-state index in [2.05, 4.69) is 39.2 Å². The summed E-state index contributed by atoms with van der Waals surface area (Å²) in [5, 5.41) is 5.66. The highest BCUT2D eigenvalue weighted by Crippen LogP contribution is 2.19. The Labute approximate surface area is 146 Å². The van der Waals surface area contributed by atoms with E-state index >= 15 is 0 Å². The number of hydrogen-bond acceptors (Lipinski definition) is 4. The van der Waals surface area contributed by atoms with Gasteiger partial charge < -0.3 is 14.6 Å². The van der Waals surface area contributed by atoms with Crippen LogP contribution in [0.15, 0.2) is 45.9 Å². The van der Waals surface area contributed by atoms with Crippen LogP contribution in [0.4, 0.5) is 0 Å². The highest BCUT2D eigenvalue weighted by Gasteiger charge is 2.10. The second-order valence-electron chi connectivity index (χ2n) is 5.70. The highest BCUT2D eigenvalue weighted by molar-refractivity contribution is 7.11. The molecule has 126 valence electrons. The summed E-state index contributed by atoms with van der Waals surface area (Å²) in [5.74, 6) is 1.78. The van der Waals surface area contributed by atoms with Crippen LogP contribution in [0.1, 0.15) is 15.6 Å². The SMILES string of the molecule is CN=C(NCCc1ncc(C)s1)N(C)Cc1cc2ccccc2o1. The topological polar surface area (TPSA) is 53.7 Å². The fraction of sp³-hybridized carbons (Fsp3) is 0.333. The summed E-state index contributed by atoms with van der Waals surface area (Å²) in [6, 6.07) is 10.1. The van der Waals surface area contributed by atoms with Gasteiger partial charge in [-0.25, -0.2) is 4.98 Å². The Morgan fingerprint density at radius 3 is 2.92 bits per heavy atom. The Morgan fingerprint density at radius 1 is 1.38 bits per heavy atom. The summed E-state index contributed by atoms with van der Waals surface area (Å²) in [6.07, 6.45) is 2.82. The van der Waals surface area contributed by atoms with Crippen molar-refractivity contribution in [3.05, 3.63) is 52.2 Å². The van der Waals surface area contributed by atoms with Crippen molar-refractivity contribution < 1.29 is 4.42 Å². The third-order valence-electron chi connectivity index (χ3n) is 3.73. The maximum Gasteiger partial charge on any atom is 0.193 e. The van der Waals surface area contributed by atoms with E-state index in [1.165, 1.54) is 4.88 Å². The molecule has 5 nitrogen and oxygen atoms in total. The lowest BCUT2D eigenvalue weighted by Gasteiger charge is -2.20. The van der Waals surface area contributed by atoms with Crippen molar-refractivity contribution in [2.24, 2.45) is 4.99 Å². The van der Waals surface area contributed by atoms with Gasteiger partial charge in [0.05, 0.1) is 11.6 Å². The molecule has 1 aromatic carbocycles. The normalized spacial score (nSPS) is 11.9. The van der Waals surface area contributed by atoms with Gasteiger partial charge in [-0.05, 0) is 19.1 Å². The van der Waals surface area contributed by atoms with Crippen LogP contribution < -0.4 is 5.32 Å². The fourth-order valence-electron chi connectivity index (χ4n) is 2.61. The van der Waals surface area contributed by atoms with Crippen LogP contribution in [-0.2, 0) is 13.0 Å². The molecule has 0 unspecified atom stereocenters. The van der Waals surface area contributed by atoms with E-state index < -0.39 is 0 Å². The van der Waals surface area contributed by atoms with Crippen molar-refractivity contribution >= 4 is 28.3 Å². The molecule has 3 rings (SSSR count). The fourth-order valence-corrected chi connectivity index (χ4v) is 3.39. The maximum absolute atomic E-state index is 5.88. The first-order valence-corrected chi connectivity index (χ1v) is 8.78. The van der Waals surface area contributed by atoms with Crippen LogP contribution in [-0.4, -0.2) is 36.5 Å². The van der Waals surface area contributed by atoms with E-state index in [0.29, 0.717) is 6.54 Å². The molecule has 0 radical (unpaired) electrons. The standard InChI is InChI=1S/C18H22N4OS/c1-13-11-21-17(24-13)8-9-20-18(19-2)22(3)12-15-10-14-6-4-5-7-16(14)23-15/h4-7,10-11H,8-9,12H2,1-3H3,(H,19,20). The van der Waals surface area contributed by atoms with E-state index in [1.807, 2.05) is 31.4 Å². The van der Waals surface area contributed by atoms with E-state index in [0.717, 1.165) is 40.7 Å². The molecular formula is C18H22N4OS. The zero-order chi connectivity index (χ0) is 16.9. The van der Waals surface area contributed by atoms with Gasteiger partial charge >= 0.3 is 0 Å². The molecule has 3 aromatic rings. The van der Waals surface area contributed by atoms with E-state index in [1.54, 1.807) is 18.4 Å². The number of aryl methyl sites for hydroxylation is 1. The quantitative estimate of drug-likeness (QED) is 0.570. The third-order valence-corrected chi connectivity index (χ3v) is 4.71. The molecule has 0 aliphatic rings. The van der Waals surface area contributed by atoms with Gasteiger partial charge in [0.25, 0.3) is 0 Å². The van der Waals surface area contributed by atoms with Gasteiger partial charge in [0.2, 0.25) is 0 Å². The van der Waals surface area contributed by atoms with Gasteiger partial charge in [-0.15, -0.1) is 11.3 Å². The minimum Gasteiger partial charge on any atom is -0.459 e. The first-order valence-electron chi connectivity index (χ1n) is 7.96. The second-order valence-corrected chi connectivity index (χ2v) is 7.01. The smallest absolute Gasteiger partial charge is 0.193 e. The molecule has 2 aromatic heterocycles. The Hall–Kier alpha value is -2.34. The van der Waals surface area contributed by atoms with Gasteiger partial charge in [-0.3, -0.25) is 4.99 Å². The zero-order valence-corrected chi connectivity index (χ0v) is 15.1. The number of guanidine groups is 1. The number of rotatable bonds is 5. The molecule has 0 aliphatic heterocycles. The summed E-state index contributed by atoms with van der Waals surface area (Å²) in [7, 11) is 3.81. The number of hydrogen-bond donors (Lipinski definition) is 1. The molecule has 0 spiro atoms. The molecule has 2 heterocycles. The highest BCUT2D eigenvalue weighted by atomic mass is 32.1. The van der Waals surface area contributed by atoms with Gasteiger partial charge in [-0.1, -0.05) is 18.2 Å². The monoisotopic (exact) mass is 342 g/mol. The molecule has 1 N–H and O–H groups in total. The number of benzene rings is 1. The molecule has 6 heteroatoms. The molecule has 0 saturated heterocycles. The maximum atomic E-state index is 5.88. The van der Waals surface area contributed by atoms with Crippen LogP contribution in [0.3, 0.4) is 0 Å². The van der Waals surface area contributed by atoms with E-state index in [4.69, 9.17) is 4.42 Å². The Morgan fingerprint density at radius 2 is 2.21 bits per heavy atom. The Balaban J connectivity index is 1.56. The number of furan rings is 1. The Bertz CT molecular complexity index is 803. The first-order chi connectivity index (χ1) is 11.7. The van der Waals surface area contributed by atoms with Crippen molar-refractivity contribution in [2.75, 3.05) is 20.6 Å². The second kappa shape index (κ2) is 7.49. The minimum atomic E-state index is 0.671. The molecule has 24 heavy (non-hydrogen) atoms. The summed E-state index contributed by atoms with van der Waals surface area (Å²) in [4.78, 5) is 12.0. The zero-order valence-electron chi connectivity index (χ0n) is 14.2. The molecule has 0 atom stereocenters. The summed E-state index contributed by atoms with van der Waals surface area (Å²) in [5.41, 5.74) is 0.919. The van der Waals surface area contributed by atoms with Crippen molar-refractivity contribution in [1.29, 1.82) is 0 Å². The largest absolute Gasteiger partial charge is 0.459 e. The number of nitrogens with zero attached hydrogens (tertiary/aromatic N) is 3. The molecule has 0 bridgehead atoms. The van der Waals surface area contributed by atoms with Crippen molar-refractivity contribution in [3.8, 4) is 0 Å². The average molecular weight is 342 g/mol. The average Bonchev–Trinajstić information content (AvgIpc) is 3.16. The number of fused-ring (bicyclic) bond motifs is 1. The Kier molecular flexibility index (Phi) is 5.15. The lowest BCUT2D eigenvalue weighted by atomic mass is 10.2. The number of nitrogens with one attached hydrogen (secondary N) is 1. The lowest BCUT2D eigenvalue weighted by Crippen LogP contribution is -2.39. The van der Waals surface area contributed by atoms with Gasteiger partial charge in [0.1, 0.15) is 11.3 Å². The van der Waals surface area contributed by atoms with Crippen molar-refractivity contribution in [3.63, 3.8) is 0 Å². The number of para-hydroxylation sites is 1. The van der Waals surface area contributed by atoms with Gasteiger partial charge in [0.15, 0.2) is 5.96 Å². The summed E-state index contributed by atoms with van der Waals surface area (Å²) >= 11 is 1.74. The van der Waals surface area contributed by atoms with E-state index in [-0.39, 0.29) is 0 Å². The first kappa shape index (κ1) is 16.5. The lowest BCUT2D eigenvalue weighted by molar-refractivity contribution is 0.413. The predicted octanol–water partition coefficient (Wildman–Crippen LogP) is 3.45. The van der Waals surface area contributed by atoms with Gasteiger partial charge in [-0.2, -0.15) is 0 Å². The van der Waals surface area contributed by atoms with Crippen LogP contribution in [0.25, 0.3) is 11.0 Å². The number of aromatic nitrogens is 1. The summed E-state index contributed by atoms with van der Waals surface area (Å²) < 4.78 is 5.88. The van der Waals surface area contributed by atoms with Crippen molar-refractivity contribution in [1.82, 2.24) is 15.2 Å². The summed E-state index contributed by atoms with van der Waals surface area (Å²) in [6.45, 7) is 3.56. The molecule has 0 amide bonds. The number of aliphatic imine (C=N–C) groups is 1. The molecule has 0 saturated carbocycles. The van der Waals surface area contributed by atoms with Crippen LogP contribution in [0.2, 0.25) is 0 Å². The van der Waals surface area contributed by atoms with Crippen LogP contribution >= 0.6 is 11.3 Å². The third kappa shape index (κ3) is 3.94. The van der Waals surface area contributed by atoms with Gasteiger partial charge in [0, 0.05) is 43.5 Å². The minimum absolute atomic E-state index is 0.671.